The zero-order chi connectivity index (χ0) is 14.7. The third kappa shape index (κ3) is 2.91. The minimum Gasteiger partial charge on any atom is -0.483 e. The van der Waals surface area contributed by atoms with Crippen LogP contribution in [0.5, 0.6) is 5.75 Å². The molecule has 2 nitrogen and oxygen atoms in total. The summed E-state index contributed by atoms with van der Waals surface area (Å²) in [5.41, 5.74) is -0.112. The molecular formula is C14H10F4O2. The van der Waals surface area contributed by atoms with Gasteiger partial charge in [0.25, 0.3) is 0 Å². The maximum atomic E-state index is 13.5. The van der Waals surface area contributed by atoms with Gasteiger partial charge in [0.1, 0.15) is 6.61 Å². The van der Waals surface area contributed by atoms with Crippen molar-refractivity contribution < 1.29 is 27.4 Å². The average molecular weight is 286 g/mol. The highest BCUT2D eigenvalue weighted by Crippen LogP contribution is 2.25. The maximum Gasteiger partial charge on any atom is 0.191 e. The van der Waals surface area contributed by atoms with E-state index in [2.05, 4.69) is 0 Å². The number of hydrogen-bond donors (Lipinski definition) is 1. The third-order valence-corrected chi connectivity index (χ3v) is 2.64. The molecule has 2 aromatic carbocycles. The van der Waals surface area contributed by atoms with Crippen LogP contribution < -0.4 is 4.74 Å². The minimum absolute atomic E-state index is 0.0456. The summed E-state index contributed by atoms with van der Waals surface area (Å²) in [5.74, 6) is -4.94. The van der Waals surface area contributed by atoms with Gasteiger partial charge in [-0.2, -0.15) is 0 Å². The van der Waals surface area contributed by atoms with Gasteiger partial charge in [-0.3, -0.25) is 0 Å². The Morgan fingerprint density at radius 3 is 2.20 bits per heavy atom. The molecule has 0 unspecified atom stereocenters. The first-order valence-electron chi connectivity index (χ1n) is 5.67. The quantitative estimate of drug-likeness (QED) is 0.874. The largest absolute Gasteiger partial charge is 0.483 e. The van der Waals surface area contributed by atoms with Crippen LogP contribution in [0.15, 0.2) is 30.3 Å². The summed E-state index contributed by atoms with van der Waals surface area (Å²) < 4.78 is 58.2. The molecule has 2 aromatic rings. The lowest BCUT2D eigenvalue weighted by atomic mass is 10.2. The minimum atomic E-state index is -1.12. The van der Waals surface area contributed by atoms with Gasteiger partial charge in [0.15, 0.2) is 29.0 Å². The van der Waals surface area contributed by atoms with E-state index in [1.54, 1.807) is 0 Å². The van der Waals surface area contributed by atoms with Gasteiger partial charge >= 0.3 is 0 Å². The van der Waals surface area contributed by atoms with Gasteiger partial charge in [-0.15, -0.1) is 0 Å². The first-order valence-corrected chi connectivity index (χ1v) is 5.67. The van der Waals surface area contributed by atoms with Crippen molar-refractivity contribution in [1.82, 2.24) is 0 Å². The van der Waals surface area contributed by atoms with Crippen molar-refractivity contribution in [3.63, 3.8) is 0 Å². The monoisotopic (exact) mass is 286 g/mol. The molecular weight excluding hydrogens is 276 g/mol. The Hall–Kier alpha value is -2.08. The van der Waals surface area contributed by atoms with Crippen molar-refractivity contribution in [2.24, 2.45) is 0 Å². The Labute approximate surface area is 112 Å². The SMILES string of the molecule is OCc1cc(F)c(OCc2cccc(F)c2F)c(F)c1. The summed E-state index contributed by atoms with van der Waals surface area (Å²) in [4.78, 5) is 0. The standard InChI is InChI=1S/C14H10F4O2/c15-10-3-1-2-9(13(10)18)7-20-14-11(16)4-8(6-19)5-12(14)17/h1-5,19H,6-7H2. The molecule has 0 saturated heterocycles. The number of rotatable bonds is 4. The normalized spacial score (nSPS) is 10.7. The fourth-order valence-electron chi connectivity index (χ4n) is 1.65. The van der Waals surface area contributed by atoms with Crippen LogP contribution in [-0.4, -0.2) is 5.11 Å². The summed E-state index contributed by atoms with van der Waals surface area (Å²) in [7, 11) is 0. The first kappa shape index (κ1) is 14.3. The molecule has 106 valence electrons. The van der Waals surface area contributed by atoms with Crippen LogP contribution in [0.25, 0.3) is 0 Å². The summed E-state index contributed by atoms with van der Waals surface area (Å²) in [6.45, 7) is -1.04. The van der Waals surface area contributed by atoms with Gasteiger partial charge in [-0.25, -0.2) is 17.6 Å². The molecule has 0 amide bonds. The highest BCUT2D eigenvalue weighted by Gasteiger charge is 2.14. The topological polar surface area (TPSA) is 29.5 Å². The molecule has 0 fully saturated rings. The van der Waals surface area contributed by atoms with Crippen LogP contribution in [0.3, 0.4) is 0 Å². The fraction of sp³-hybridized carbons (Fsp3) is 0.143. The molecule has 0 aliphatic heterocycles. The van der Waals surface area contributed by atoms with Crippen molar-refractivity contribution >= 4 is 0 Å². The van der Waals surface area contributed by atoms with Crippen molar-refractivity contribution in [3.8, 4) is 5.75 Å². The van der Waals surface area contributed by atoms with Gasteiger partial charge in [-0.1, -0.05) is 12.1 Å². The zero-order valence-electron chi connectivity index (χ0n) is 10.2. The Morgan fingerprint density at radius 2 is 1.60 bits per heavy atom. The second kappa shape index (κ2) is 5.92. The molecule has 0 spiro atoms. The molecule has 0 heterocycles. The van der Waals surface area contributed by atoms with Crippen molar-refractivity contribution in [1.29, 1.82) is 0 Å². The third-order valence-electron chi connectivity index (χ3n) is 2.64. The maximum absolute atomic E-state index is 13.5. The molecule has 2 rings (SSSR count). The highest BCUT2D eigenvalue weighted by atomic mass is 19.2. The van der Waals surface area contributed by atoms with E-state index in [9.17, 15) is 17.6 Å². The molecule has 0 atom stereocenters. The van der Waals surface area contributed by atoms with Crippen LogP contribution in [-0.2, 0) is 13.2 Å². The van der Waals surface area contributed by atoms with E-state index in [-0.39, 0.29) is 11.1 Å². The summed E-state index contributed by atoms with van der Waals surface area (Å²) in [6.07, 6.45) is 0. The van der Waals surface area contributed by atoms with E-state index in [4.69, 9.17) is 9.84 Å². The van der Waals surface area contributed by atoms with E-state index in [1.807, 2.05) is 0 Å². The van der Waals surface area contributed by atoms with Crippen molar-refractivity contribution in [2.45, 2.75) is 13.2 Å². The molecule has 20 heavy (non-hydrogen) atoms. The fourth-order valence-corrected chi connectivity index (χ4v) is 1.65. The van der Waals surface area contributed by atoms with E-state index < -0.39 is 42.2 Å². The van der Waals surface area contributed by atoms with Gasteiger partial charge in [0.05, 0.1) is 6.61 Å². The summed E-state index contributed by atoms with van der Waals surface area (Å²) in [5, 5.41) is 8.79. The van der Waals surface area contributed by atoms with E-state index in [1.165, 1.54) is 12.1 Å². The van der Waals surface area contributed by atoms with E-state index >= 15 is 0 Å². The lowest BCUT2D eigenvalue weighted by Gasteiger charge is -2.10. The highest BCUT2D eigenvalue weighted by molar-refractivity contribution is 5.31. The second-order valence-electron chi connectivity index (χ2n) is 4.05. The number of benzene rings is 2. The van der Waals surface area contributed by atoms with E-state index in [0.717, 1.165) is 18.2 Å². The number of aliphatic hydroxyl groups excluding tert-OH is 1. The van der Waals surface area contributed by atoms with Gasteiger partial charge in [-0.05, 0) is 23.8 Å². The van der Waals surface area contributed by atoms with Crippen LogP contribution in [0.2, 0.25) is 0 Å². The predicted octanol–water partition coefficient (Wildman–Crippen LogP) is 3.31. The Balaban J connectivity index is 2.21. The van der Waals surface area contributed by atoms with Crippen LogP contribution in [0.4, 0.5) is 17.6 Å². The Morgan fingerprint density at radius 1 is 0.950 bits per heavy atom. The Bertz CT molecular complexity index is 606. The molecule has 6 heteroatoms. The number of aliphatic hydroxyl groups is 1. The van der Waals surface area contributed by atoms with Crippen LogP contribution >= 0.6 is 0 Å². The smallest absolute Gasteiger partial charge is 0.191 e. The molecule has 0 aliphatic rings. The Kier molecular flexibility index (Phi) is 4.24. The van der Waals surface area contributed by atoms with Crippen molar-refractivity contribution in [3.05, 3.63) is 64.7 Å². The van der Waals surface area contributed by atoms with Gasteiger partial charge in [0, 0.05) is 5.56 Å². The first-order chi connectivity index (χ1) is 9.52. The van der Waals surface area contributed by atoms with Gasteiger partial charge in [0.2, 0.25) is 0 Å². The molecule has 1 N–H and O–H groups in total. The molecule has 0 bridgehead atoms. The number of hydrogen-bond acceptors (Lipinski definition) is 2. The molecule has 0 radical (unpaired) electrons. The lowest BCUT2D eigenvalue weighted by molar-refractivity contribution is 0.262. The summed E-state index contributed by atoms with van der Waals surface area (Å²) >= 11 is 0. The molecule has 0 saturated carbocycles. The van der Waals surface area contributed by atoms with Gasteiger partial charge < -0.3 is 9.84 Å². The molecule has 0 aromatic heterocycles. The lowest BCUT2D eigenvalue weighted by Crippen LogP contribution is -2.04. The van der Waals surface area contributed by atoms with Crippen molar-refractivity contribution in [2.75, 3.05) is 0 Å². The van der Waals surface area contributed by atoms with Crippen LogP contribution in [0.1, 0.15) is 11.1 Å². The zero-order valence-corrected chi connectivity index (χ0v) is 10.2. The number of halogens is 4. The van der Waals surface area contributed by atoms with E-state index in [0.29, 0.717) is 0 Å². The summed E-state index contributed by atoms with van der Waals surface area (Å²) in [6, 6.07) is 5.24. The number of ether oxygens (including phenoxy) is 1. The molecule has 0 aliphatic carbocycles. The average Bonchev–Trinajstić information content (AvgIpc) is 2.42. The predicted molar refractivity (Wildman–Crippen MR) is 63.0 cm³/mol. The second-order valence-corrected chi connectivity index (χ2v) is 4.05. The van der Waals surface area contributed by atoms with Crippen LogP contribution in [0, 0.1) is 23.3 Å².